The second-order valence-corrected chi connectivity index (χ2v) is 2.94. The summed E-state index contributed by atoms with van der Waals surface area (Å²) in [7, 11) is 1.59. The van der Waals surface area contributed by atoms with Gasteiger partial charge in [0.2, 0.25) is 0 Å². The molecular formula is C11H12N2O2. The van der Waals surface area contributed by atoms with Crippen molar-refractivity contribution in [1.29, 1.82) is 0 Å². The van der Waals surface area contributed by atoms with Gasteiger partial charge in [-0.05, 0) is 17.7 Å². The van der Waals surface area contributed by atoms with Crippen molar-refractivity contribution in [3.8, 4) is 5.75 Å². The summed E-state index contributed by atoms with van der Waals surface area (Å²) in [6, 6.07) is 7.43. The van der Waals surface area contributed by atoms with Crippen LogP contribution < -0.4 is 10.1 Å². The van der Waals surface area contributed by atoms with E-state index in [0.717, 1.165) is 11.3 Å². The number of nitrogens with zero attached hydrogens (tertiary/aromatic N) is 1. The normalized spacial score (nSPS) is 9.07. The molecule has 4 nitrogen and oxygen atoms in total. The van der Waals surface area contributed by atoms with Crippen LogP contribution in [0.5, 0.6) is 5.75 Å². The van der Waals surface area contributed by atoms with Gasteiger partial charge in [-0.2, -0.15) is 0 Å². The fourth-order valence-electron chi connectivity index (χ4n) is 1.11. The summed E-state index contributed by atoms with van der Waals surface area (Å²) in [4.78, 5) is 14.0. The largest absolute Gasteiger partial charge is 0.497 e. The van der Waals surface area contributed by atoms with Crippen molar-refractivity contribution in [3.05, 3.63) is 41.2 Å². The number of amides is 1. The smallest absolute Gasteiger partial charge is 0.300 e. The minimum atomic E-state index is -0.257. The maximum Gasteiger partial charge on any atom is 0.300 e. The number of hydrogen-bond donors (Lipinski definition) is 1. The van der Waals surface area contributed by atoms with Gasteiger partial charge in [-0.1, -0.05) is 12.1 Å². The molecule has 0 saturated heterocycles. The molecule has 0 unspecified atom stereocenters. The molecule has 1 N–H and O–H groups in total. The lowest BCUT2D eigenvalue weighted by Gasteiger charge is -2.04. The van der Waals surface area contributed by atoms with Gasteiger partial charge in [0.25, 0.3) is 12.5 Å². The first-order valence-electron chi connectivity index (χ1n) is 4.49. The van der Waals surface area contributed by atoms with E-state index in [2.05, 4.69) is 10.2 Å². The number of hydrogen-bond acceptors (Lipinski definition) is 2. The van der Waals surface area contributed by atoms with E-state index in [1.54, 1.807) is 7.11 Å². The Morgan fingerprint density at radius 2 is 2.40 bits per heavy atom. The molecule has 0 aromatic heterocycles. The van der Waals surface area contributed by atoms with E-state index in [1.165, 1.54) is 0 Å². The van der Waals surface area contributed by atoms with Gasteiger partial charge < -0.3 is 14.9 Å². The molecule has 4 heteroatoms. The van der Waals surface area contributed by atoms with Crippen LogP contribution in [0.15, 0.2) is 24.3 Å². The lowest BCUT2D eigenvalue weighted by molar-refractivity contribution is -0.119. The van der Waals surface area contributed by atoms with Crippen LogP contribution in [0.2, 0.25) is 0 Å². The predicted octanol–water partition coefficient (Wildman–Crippen LogP) is 1.23. The van der Waals surface area contributed by atoms with Crippen molar-refractivity contribution in [2.45, 2.75) is 6.54 Å². The minimum Gasteiger partial charge on any atom is -0.497 e. The third-order valence-corrected chi connectivity index (χ3v) is 1.85. The van der Waals surface area contributed by atoms with Crippen LogP contribution in [0.25, 0.3) is 4.85 Å². The molecule has 15 heavy (non-hydrogen) atoms. The maximum absolute atomic E-state index is 11.0. The number of benzene rings is 1. The maximum atomic E-state index is 11.0. The molecule has 0 bridgehead atoms. The molecular weight excluding hydrogens is 192 g/mol. The summed E-state index contributed by atoms with van der Waals surface area (Å²) >= 11 is 0. The van der Waals surface area contributed by atoms with Crippen LogP contribution in [-0.2, 0) is 11.3 Å². The Hall–Kier alpha value is -2.02. The molecule has 0 fully saturated rings. The molecule has 0 aliphatic carbocycles. The Morgan fingerprint density at radius 3 is 3.07 bits per heavy atom. The Balaban J connectivity index is 2.51. The molecule has 0 radical (unpaired) electrons. The SMILES string of the molecule is [C-]#[N+]CC(=O)NCc1cccc(OC)c1. The molecule has 0 atom stereocenters. The second-order valence-electron chi connectivity index (χ2n) is 2.94. The van der Waals surface area contributed by atoms with E-state index >= 15 is 0 Å². The van der Waals surface area contributed by atoms with Crippen LogP contribution in [-0.4, -0.2) is 19.6 Å². The Morgan fingerprint density at radius 1 is 1.60 bits per heavy atom. The van der Waals surface area contributed by atoms with Gasteiger partial charge in [0.05, 0.1) is 7.11 Å². The zero-order valence-electron chi connectivity index (χ0n) is 8.49. The molecule has 0 aliphatic rings. The third-order valence-electron chi connectivity index (χ3n) is 1.85. The molecule has 1 rings (SSSR count). The van der Waals surface area contributed by atoms with Gasteiger partial charge in [-0.15, -0.1) is 0 Å². The molecule has 0 saturated carbocycles. The molecule has 1 aromatic carbocycles. The second kappa shape index (κ2) is 5.66. The van der Waals surface area contributed by atoms with Crippen LogP contribution >= 0.6 is 0 Å². The number of carbonyl (C=O) groups is 1. The zero-order valence-corrected chi connectivity index (χ0v) is 8.49. The molecule has 1 aromatic rings. The Bertz CT molecular complexity index is 382. The van der Waals surface area contributed by atoms with Gasteiger partial charge in [0.15, 0.2) is 0 Å². The Kier molecular flexibility index (Phi) is 4.17. The first-order valence-corrected chi connectivity index (χ1v) is 4.49. The number of carbonyl (C=O) groups excluding carboxylic acids is 1. The molecule has 0 aliphatic heterocycles. The fourth-order valence-corrected chi connectivity index (χ4v) is 1.11. The first-order chi connectivity index (χ1) is 7.26. The summed E-state index contributed by atoms with van der Waals surface area (Å²) in [5.74, 6) is 0.500. The number of rotatable bonds is 4. The van der Waals surface area contributed by atoms with Crippen molar-refractivity contribution in [3.63, 3.8) is 0 Å². The number of ether oxygens (including phenoxy) is 1. The van der Waals surface area contributed by atoms with Crippen LogP contribution in [0.3, 0.4) is 0 Å². The molecule has 1 amide bonds. The van der Waals surface area contributed by atoms with Crippen LogP contribution in [0.1, 0.15) is 5.56 Å². The highest BCUT2D eigenvalue weighted by Crippen LogP contribution is 2.11. The van der Waals surface area contributed by atoms with Gasteiger partial charge in [-0.3, -0.25) is 4.79 Å². The van der Waals surface area contributed by atoms with Crippen molar-refractivity contribution >= 4 is 5.91 Å². The third kappa shape index (κ3) is 3.69. The summed E-state index contributed by atoms with van der Waals surface area (Å²) in [6.07, 6.45) is 0. The van der Waals surface area contributed by atoms with Gasteiger partial charge in [-0.25, -0.2) is 6.57 Å². The van der Waals surface area contributed by atoms with E-state index in [4.69, 9.17) is 11.3 Å². The monoisotopic (exact) mass is 204 g/mol. The van der Waals surface area contributed by atoms with E-state index in [9.17, 15) is 4.79 Å². The molecule has 78 valence electrons. The predicted molar refractivity (Wildman–Crippen MR) is 56.3 cm³/mol. The van der Waals surface area contributed by atoms with Crippen molar-refractivity contribution in [2.75, 3.05) is 13.7 Å². The number of methoxy groups -OCH3 is 1. The standard InChI is InChI=1S/C11H12N2O2/c1-12-8-11(14)13-7-9-4-3-5-10(6-9)15-2/h3-6H,7-8H2,2H3,(H,13,14). The fraction of sp³-hybridized carbons (Fsp3) is 0.273. The van der Waals surface area contributed by atoms with E-state index in [1.807, 2.05) is 24.3 Å². The molecule has 0 heterocycles. The van der Waals surface area contributed by atoms with Gasteiger partial charge in [0, 0.05) is 6.54 Å². The average molecular weight is 204 g/mol. The van der Waals surface area contributed by atoms with Crippen LogP contribution in [0, 0.1) is 6.57 Å². The van der Waals surface area contributed by atoms with E-state index < -0.39 is 0 Å². The van der Waals surface area contributed by atoms with Gasteiger partial charge >= 0.3 is 0 Å². The van der Waals surface area contributed by atoms with Crippen molar-refractivity contribution in [2.24, 2.45) is 0 Å². The minimum absolute atomic E-state index is 0.121. The summed E-state index contributed by atoms with van der Waals surface area (Å²) < 4.78 is 5.05. The van der Waals surface area contributed by atoms with Crippen LogP contribution in [0.4, 0.5) is 0 Å². The Labute approximate surface area is 88.7 Å². The highest BCUT2D eigenvalue weighted by atomic mass is 16.5. The highest BCUT2D eigenvalue weighted by Gasteiger charge is 2.03. The average Bonchev–Trinajstić information content (AvgIpc) is 2.27. The zero-order chi connectivity index (χ0) is 11.1. The highest BCUT2D eigenvalue weighted by molar-refractivity contribution is 5.79. The number of nitrogens with one attached hydrogen (secondary N) is 1. The summed E-state index contributed by atoms with van der Waals surface area (Å²) in [5, 5.41) is 2.64. The lowest BCUT2D eigenvalue weighted by Crippen LogP contribution is -2.24. The summed E-state index contributed by atoms with van der Waals surface area (Å²) in [5.41, 5.74) is 0.952. The van der Waals surface area contributed by atoms with E-state index in [0.29, 0.717) is 6.54 Å². The quantitative estimate of drug-likeness (QED) is 0.749. The summed E-state index contributed by atoms with van der Waals surface area (Å²) in [6.45, 7) is 6.83. The van der Waals surface area contributed by atoms with Crippen molar-refractivity contribution in [1.82, 2.24) is 5.32 Å². The lowest BCUT2D eigenvalue weighted by atomic mass is 10.2. The van der Waals surface area contributed by atoms with Crippen molar-refractivity contribution < 1.29 is 9.53 Å². The first kappa shape index (κ1) is 11.1. The topological polar surface area (TPSA) is 42.7 Å². The molecule has 0 spiro atoms. The van der Waals surface area contributed by atoms with E-state index in [-0.39, 0.29) is 12.5 Å². The van der Waals surface area contributed by atoms with Gasteiger partial charge in [0.1, 0.15) is 5.75 Å².